The van der Waals surface area contributed by atoms with Gasteiger partial charge in [-0.3, -0.25) is 5.10 Å². The second-order valence-corrected chi connectivity index (χ2v) is 4.19. The Labute approximate surface area is 88.3 Å². The summed E-state index contributed by atoms with van der Waals surface area (Å²) in [5.74, 6) is 0.967. The largest absolute Gasteiger partial charge is 0.378 e. The first kappa shape index (κ1) is 9.86. The van der Waals surface area contributed by atoms with Crippen LogP contribution in [-0.2, 0) is 4.74 Å². The van der Waals surface area contributed by atoms with Crippen molar-refractivity contribution < 1.29 is 4.74 Å². The van der Waals surface area contributed by atoms with Crippen LogP contribution >= 0.6 is 12.2 Å². The first-order valence-electron chi connectivity index (χ1n) is 4.93. The Morgan fingerprint density at radius 2 is 2.43 bits per heavy atom. The van der Waals surface area contributed by atoms with Crippen LogP contribution < -0.4 is 0 Å². The van der Waals surface area contributed by atoms with Crippen LogP contribution in [0.5, 0.6) is 0 Å². The second-order valence-electron chi connectivity index (χ2n) is 3.81. The molecular weight excluding hydrogens is 198 g/mol. The van der Waals surface area contributed by atoms with Crippen LogP contribution in [0.1, 0.15) is 31.6 Å². The molecule has 5 heteroatoms. The third-order valence-electron chi connectivity index (χ3n) is 2.70. The van der Waals surface area contributed by atoms with E-state index in [4.69, 9.17) is 17.0 Å². The summed E-state index contributed by atoms with van der Waals surface area (Å²) in [5, 5.41) is 6.95. The predicted molar refractivity (Wildman–Crippen MR) is 55.8 cm³/mol. The lowest BCUT2D eigenvalue weighted by molar-refractivity contribution is 0.00527. The molecule has 1 aliphatic heterocycles. The van der Waals surface area contributed by atoms with Crippen molar-refractivity contribution in [2.24, 2.45) is 0 Å². The Morgan fingerprint density at radius 1 is 1.64 bits per heavy atom. The van der Waals surface area contributed by atoms with Crippen molar-refractivity contribution in [3.05, 3.63) is 10.6 Å². The maximum absolute atomic E-state index is 5.51. The Morgan fingerprint density at radius 3 is 3.00 bits per heavy atom. The van der Waals surface area contributed by atoms with Gasteiger partial charge >= 0.3 is 0 Å². The van der Waals surface area contributed by atoms with Crippen molar-refractivity contribution in [3.8, 4) is 0 Å². The zero-order valence-electron chi connectivity index (χ0n) is 8.49. The first-order chi connectivity index (χ1) is 6.68. The topological polar surface area (TPSA) is 42.8 Å². The highest BCUT2D eigenvalue weighted by atomic mass is 32.1. The predicted octanol–water partition coefficient (Wildman–Crippen LogP) is 1.99. The summed E-state index contributed by atoms with van der Waals surface area (Å²) in [6.45, 7) is 4.90. The molecule has 2 unspecified atom stereocenters. The molecule has 4 nitrogen and oxygen atoms in total. The number of aromatic amines is 1. The Balaban J connectivity index is 2.26. The van der Waals surface area contributed by atoms with Crippen LogP contribution in [0.2, 0.25) is 0 Å². The average molecular weight is 213 g/mol. The van der Waals surface area contributed by atoms with Gasteiger partial charge in [-0.25, -0.2) is 0 Å². The second kappa shape index (κ2) is 3.82. The Kier molecular flexibility index (Phi) is 2.69. The summed E-state index contributed by atoms with van der Waals surface area (Å²) >= 11 is 5.20. The molecule has 2 rings (SSSR count). The monoisotopic (exact) mass is 213 g/mol. The van der Waals surface area contributed by atoms with Gasteiger partial charge in [-0.2, -0.15) is 5.10 Å². The summed E-state index contributed by atoms with van der Waals surface area (Å²) in [7, 11) is 0. The number of nitrogens with one attached hydrogen (secondary N) is 1. The Hall–Kier alpha value is -0.680. The van der Waals surface area contributed by atoms with Crippen molar-refractivity contribution in [2.75, 3.05) is 6.61 Å². The lowest BCUT2D eigenvalue weighted by Crippen LogP contribution is -2.26. The van der Waals surface area contributed by atoms with Crippen LogP contribution in [0.15, 0.2) is 0 Å². The molecule has 1 saturated heterocycles. The normalized spacial score (nSPS) is 27.9. The lowest BCUT2D eigenvalue weighted by atomic mass is 10.0. The molecule has 78 valence electrons. The summed E-state index contributed by atoms with van der Waals surface area (Å²) in [6.07, 6.45) is 2.37. The fraction of sp³-hybridized carbons (Fsp3) is 0.778. The highest BCUT2D eigenvalue weighted by Gasteiger charge is 2.22. The zero-order chi connectivity index (χ0) is 10.1. The number of ether oxygens (including phenoxy) is 1. The van der Waals surface area contributed by atoms with E-state index in [2.05, 4.69) is 21.7 Å². The Bertz CT molecular complexity index is 370. The van der Waals surface area contributed by atoms with Gasteiger partial charge in [0.1, 0.15) is 5.82 Å². The number of aromatic nitrogens is 3. The molecule has 1 aliphatic rings. The number of aryl methyl sites for hydroxylation is 1. The summed E-state index contributed by atoms with van der Waals surface area (Å²) in [5.41, 5.74) is 0. The minimum atomic E-state index is 0.324. The van der Waals surface area contributed by atoms with Crippen molar-refractivity contribution in [1.82, 2.24) is 14.8 Å². The standard InChI is InChI=1S/C9H15N3OS/c1-6-5-8(3-4-13-6)12-7(2)10-11-9(12)14/h6,8H,3-5H2,1-2H3,(H,11,14). The van der Waals surface area contributed by atoms with Crippen LogP contribution in [0, 0.1) is 11.7 Å². The molecule has 0 aromatic carbocycles. The third kappa shape index (κ3) is 1.74. The fourth-order valence-corrected chi connectivity index (χ4v) is 2.35. The minimum absolute atomic E-state index is 0.324. The van der Waals surface area contributed by atoms with E-state index in [0.717, 1.165) is 30.0 Å². The number of nitrogens with zero attached hydrogens (tertiary/aromatic N) is 2. The quantitative estimate of drug-likeness (QED) is 0.725. The molecule has 1 fully saturated rings. The van der Waals surface area contributed by atoms with E-state index < -0.39 is 0 Å². The number of hydrogen-bond donors (Lipinski definition) is 1. The molecule has 0 amide bonds. The minimum Gasteiger partial charge on any atom is -0.378 e. The lowest BCUT2D eigenvalue weighted by Gasteiger charge is -2.28. The van der Waals surface area contributed by atoms with E-state index in [9.17, 15) is 0 Å². The summed E-state index contributed by atoms with van der Waals surface area (Å²) < 4.78 is 8.34. The molecule has 0 bridgehead atoms. The summed E-state index contributed by atoms with van der Waals surface area (Å²) in [4.78, 5) is 0. The van der Waals surface area contributed by atoms with Crippen LogP contribution in [-0.4, -0.2) is 27.5 Å². The molecule has 2 atom stereocenters. The number of rotatable bonds is 1. The van der Waals surface area contributed by atoms with Gasteiger partial charge in [-0.05, 0) is 38.9 Å². The third-order valence-corrected chi connectivity index (χ3v) is 2.99. The van der Waals surface area contributed by atoms with Gasteiger partial charge in [0.25, 0.3) is 0 Å². The molecule has 0 saturated carbocycles. The van der Waals surface area contributed by atoms with E-state index in [1.807, 2.05) is 6.92 Å². The van der Waals surface area contributed by atoms with Crippen molar-refractivity contribution in [2.45, 2.75) is 38.8 Å². The maximum Gasteiger partial charge on any atom is 0.195 e. The van der Waals surface area contributed by atoms with Gasteiger partial charge in [0.2, 0.25) is 0 Å². The zero-order valence-corrected chi connectivity index (χ0v) is 9.30. The molecule has 1 aromatic rings. The van der Waals surface area contributed by atoms with Gasteiger partial charge in [0, 0.05) is 12.6 Å². The van der Waals surface area contributed by atoms with Crippen LogP contribution in [0.4, 0.5) is 0 Å². The molecule has 2 heterocycles. The van der Waals surface area contributed by atoms with Crippen LogP contribution in [0.3, 0.4) is 0 Å². The van der Waals surface area contributed by atoms with Gasteiger partial charge in [0.05, 0.1) is 6.10 Å². The molecular formula is C9H15N3OS. The van der Waals surface area contributed by atoms with E-state index in [0.29, 0.717) is 12.1 Å². The average Bonchev–Trinajstić information content (AvgIpc) is 2.46. The van der Waals surface area contributed by atoms with Crippen molar-refractivity contribution in [3.63, 3.8) is 0 Å². The van der Waals surface area contributed by atoms with E-state index in [-0.39, 0.29) is 0 Å². The van der Waals surface area contributed by atoms with Crippen LogP contribution in [0.25, 0.3) is 0 Å². The number of hydrogen-bond acceptors (Lipinski definition) is 3. The van der Waals surface area contributed by atoms with Gasteiger partial charge in [0.15, 0.2) is 4.77 Å². The van der Waals surface area contributed by atoms with Gasteiger partial charge in [-0.15, -0.1) is 0 Å². The molecule has 0 radical (unpaired) electrons. The van der Waals surface area contributed by atoms with Gasteiger partial charge in [-0.1, -0.05) is 0 Å². The van der Waals surface area contributed by atoms with E-state index >= 15 is 0 Å². The highest BCUT2D eigenvalue weighted by Crippen LogP contribution is 2.25. The molecule has 0 spiro atoms. The highest BCUT2D eigenvalue weighted by molar-refractivity contribution is 7.71. The fourth-order valence-electron chi connectivity index (χ4n) is 2.02. The van der Waals surface area contributed by atoms with Crippen molar-refractivity contribution in [1.29, 1.82) is 0 Å². The molecule has 14 heavy (non-hydrogen) atoms. The maximum atomic E-state index is 5.51. The smallest absolute Gasteiger partial charge is 0.195 e. The van der Waals surface area contributed by atoms with E-state index in [1.54, 1.807) is 0 Å². The SMILES string of the molecule is Cc1n[nH]c(=S)n1C1CCOC(C)C1. The molecule has 0 aliphatic carbocycles. The van der Waals surface area contributed by atoms with Crippen molar-refractivity contribution >= 4 is 12.2 Å². The number of H-pyrrole nitrogens is 1. The first-order valence-corrected chi connectivity index (χ1v) is 5.34. The molecule has 1 N–H and O–H groups in total. The van der Waals surface area contributed by atoms with Gasteiger partial charge < -0.3 is 9.30 Å². The van der Waals surface area contributed by atoms with E-state index in [1.165, 1.54) is 0 Å². The molecule has 1 aromatic heterocycles. The summed E-state index contributed by atoms with van der Waals surface area (Å²) in [6, 6.07) is 0.449.